The number of fused-ring (bicyclic) bond motifs is 1. The van der Waals surface area contributed by atoms with E-state index in [0.717, 1.165) is 5.75 Å². The Morgan fingerprint density at radius 1 is 1.06 bits per heavy atom. The van der Waals surface area contributed by atoms with E-state index in [1.807, 2.05) is 25.1 Å². The molecular formula is C14H16O2. The Morgan fingerprint density at radius 3 is 2.56 bits per heavy atom. The Labute approximate surface area is 95.8 Å². The average Bonchev–Trinajstić information content (AvgIpc) is 2.35. The van der Waals surface area contributed by atoms with Gasteiger partial charge in [-0.2, -0.15) is 0 Å². The molecule has 0 bridgehead atoms. The van der Waals surface area contributed by atoms with Crippen molar-refractivity contribution in [2.75, 3.05) is 13.7 Å². The van der Waals surface area contributed by atoms with Crippen LogP contribution in [0.3, 0.4) is 0 Å². The van der Waals surface area contributed by atoms with E-state index < -0.39 is 0 Å². The van der Waals surface area contributed by atoms with Crippen LogP contribution in [0.15, 0.2) is 42.5 Å². The van der Waals surface area contributed by atoms with Gasteiger partial charge in [-0.15, -0.1) is 0 Å². The van der Waals surface area contributed by atoms with Crippen molar-refractivity contribution in [3.05, 3.63) is 42.5 Å². The molecule has 0 N–H and O–H groups in total. The molecule has 0 saturated heterocycles. The van der Waals surface area contributed by atoms with Crippen LogP contribution < -0.4 is 4.74 Å². The molecule has 0 aliphatic rings. The van der Waals surface area contributed by atoms with E-state index in [-0.39, 0.29) is 6.10 Å². The fraction of sp³-hybridized carbons (Fsp3) is 0.286. The van der Waals surface area contributed by atoms with Crippen LogP contribution in [0.25, 0.3) is 10.8 Å². The van der Waals surface area contributed by atoms with Crippen molar-refractivity contribution in [2.24, 2.45) is 0 Å². The molecule has 0 spiro atoms. The van der Waals surface area contributed by atoms with Gasteiger partial charge in [-0.25, -0.2) is 0 Å². The summed E-state index contributed by atoms with van der Waals surface area (Å²) in [5, 5.41) is 2.43. The van der Waals surface area contributed by atoms with Gasteiger partial charge in [0.05, 0.1) is 6.10 Å². The summed E-state index contributed by atoms with van der Waals surface area (Å²) in [6.45, 7) is 2.57. The Kier molecular flexibility index (Phi) is 3.42. The first-order valence-electron chi connectivity index (χ1n) is 5.44. The Bertz CT molecular complexity index is 465. The predicted octanol–water partition coefficient (Wildman–Crippen LogP) is 3.25. The van der Waals surface area contributed by atoms with E-state index in [9.17, 15) is 0 Å². The highest BCUT2D eigenvalue weighted by Crippen LogP contribution is 2.20. The van der Waals surface area contributed by atoms with Crippen LogP contribution in [0.1, 0.15) is 6.92 Å². The molecule has 84 valence electrons. The second-order valence-corrected chi connectivity index (χ2v) is 3.87. The lowest BCUT2D eigenvalue weighted by Gasteiger charge is -2.11. The van der Waals surface area contributed by atoms with Crippen molar-refractivity contribution in [1.29, 1.82) is 0 Å². The molecule has 0 aliphatic carbocycles. The SMILES string of the molecule is COC(C)COc1ccc2ccccc2c1. The molecular weight excluding hydrogens is 200 g/mol. The third-order valence-corrected chi connectivity index (χ3v) is 2.61. The van der Waals surface area contributed by atoms with Crippen LogP contribution in [0, 0.1) is 0 Å². The number of ether oxygens (including phenoxy) is 2. The summed E-state index contributed by atoms with van der Waals surface area (Å²) in [5.74, 6) is 0.891. The second-order valence-electron chi connectivity index (χ2n) is 3.87. The van der Waals surface area contributed by atoms with E-state index in [1.165, 1.54) is 10.8 Å². The molecule has 0 aromatic heterocycles. The van der Waals surface area contributed by atoms with Crippen LogP contribution in [0.5, 0.6) is 5.75 Å². The number of hydrogen-bond donors (Lipinski definition) is 0. The molecule has 0 saturated carbocycles. The van der Waals surface area contributed by atoms with E-state index in [0.29, 0.717) is 6.61 Å². The minimum absolute atomic E-state index is 0.117. The van der Waals surface area contributed by atoms with Gasteiger partial charge in [-0.3, -0.25) is 0 Å². The molecule has 1 unspecified atom stereocenters. The number of methoxy groups -OCH3 is 1. The lowest BCUT2D eigenvalue weighted by atomic mass is 10.1. The minimum atomic E-state index is 0.117. The molecule has 16 heavy (non-hydrogen) atoms. The van der Waals surface area contributed by atoms with E-state index >= 15 is 0 Å². The van der Waals surface area contributed by atoms with Gasteiger partial charge in [-0.05, 0) is 29.8 Å². The summed E-state index contributed by atoms with van der Waals surface area (Å²) in [7, 11) is 1.69. The van der Waals surface area contributed by atoms with Crippen molar-refractivity contribution < 1.29 is 9.47 Å². The maximum atomic E-state index is 5.64. The summed E-state index contributed by atoms with van der Waals surface area (Å²) in [6, 6.07) is 14.4. The number of hydrogen-bond acceptors (Lipinski definition) is 2. The standard InChI is InChI=1S/C14H16O2/c1-11(15-2)10-16-14-8-7-12-5-3-4-6-13(12)9-14/h3-9,11H,10H2,1-2H3. The van der Waals surface area contributed by atoms with Crippen molar-refractivity contribution in [3.63, 3.8) is 0 Å². The van der Waals surface area contributed by atoms with Crippen molar-refractivity contribution in [1.82, 2.24) is 0 Å². The van der Waals surface area contributed by atoms with E-state index in [1.54, 1.807) is 7.11 Å². The lowest BCUT2D eigenvalue weighted by molar-refractivity contribution is 0.0717. The lowest BCUT2D eigenvalue weighted by Crippen LogP contribution is -2.15. The fourth-order valence-corrected chi connectivity index (χ4v) is 1.54. The molecule has 2 rings (SSSR count). The highest BCUT2D eigenvalue weighted by Gasteiger charge is 2.01. The van der Waals surface area contributed by atoms with Crippen molar-refractivity contribution >= 4 is 10.8 Å². The van der Waals surface area contributed by atoms with Gasteiger partial charge >= 0.3 is 0 Å². The van der Waals surface area contributed by atoms with Gasteiger partial charge < -0.3 is 9.47 Å². The largest absolute Gasteiger partial charge is 0.491 e. The summed E-state index contributed by atoms with van der Waals surface area (Å²) in [6.07, 6.45) is 0.117. The molecule has 1 atom stereocenters. The maximum absolute atomic E-state index is 5.64. The zero-order valence-corrected chi connectivity index (χ0v) is 9.64. The molecule has 2 aromatic carbocycles. The Hall–Kier alpha value is -1.54. The summed E-state index contributed by atoms with van der Waals surface area (Å²) in [4.78, 5) is 0. The molecule has 0 aliphatic heterocycles. The van der Waals surface area contributed by atoms with Gasteiger partial charge in [0, 0.05) is 7.11 Å². The summed E-state index contributed by atoms with van der Waals surface area (Å²) < 4.78 is 10.8. The van der Waals surface area contributed by atoms with Crippen molar-refractivity contribution in [3.8, 4) is 5.75 Å². The van der Waals surface area contributed by atoms with Crippen LogP contribution >= 0.6 is 0 Å². The summed E-state index contributed by atoms with van der Waals surface area (Å²) >= 11 is 0. The smallest absolute Gasteiger partial charge is 0.120 e. The van der Waals surface area contributed by atoms with Gasteiger partial charge in [0.2, 0.25) is 0 Å². The first kappa shape index (κ1) is 11.0. The van der Waals surface area contributed by atoms with Crippen LogP contribution in [-0.4, -0.2) is 19.8 Å². The summed E-state index contributed by atoms with van der Waals surface area (Å²) in [5.41, 5.74) is 0. The predicted molar refractivity (Wildman–Crippen MR) is 65.9 cm³/mol. The molecule has 0 heterocycles. The topological polar surface area (TPSA) is 18.5 Å². The molecule has 0 fully saturated rings. The second kappa shape index (κ2) is 4.99. The Morgan fingerprint density at radius 2 is 1.81 bits per heavy atom. The van der Waals surface area contributed by atoms with Crippen LogP contribution in [0.2, 0.25) is 0 Å². The van der Waals surface area contributed by atoms with Crippen LogP contribution in [-0.2, 0) is 4.74 Å². The van der Waals surface area contributed by atoms with Gasteiger partial charge in [0.15, 0.2) is 0 Å². The number of rotatable bonds is 4. The highest BCUT2D eigenvalue weighted by molar-refractivity contribution is 5.83. The first-order valence-corrected chi connectivity index (χ1v) is 5.44. The van der Waals surface area contributed by atoms with E-state index in [4.69, 9.17) is 9.47 Å². The van der Waals surface area contributed by atoms with E-state index in [2.05, 4.69) is 24.3 Å². The molecule has 2 aromatic rings. The molecule has 0 radical (unpaired) electrons. The first-order chi connectivity index (χ1) is 7.79. The molecule has 2 heteroatoms. The van der Waals surface area contributed by atoms with Crippen LogP contribution in [0.4, 0.5) is 0 Å². The normalized spacial score (nSPS) is 12.6. The quantitative estimate of drug-likeness (QED) is 0.781. The third kappa shape index (κ3) is 2.52. The zero-order chi connectivity index (χ0) is 11.4. The Balaban J connectivity index is 2.13. The highest BCUT2D eigenvalue weighted by atomic mass is 16.5. The van der Waals surface area contributed by atoms with Crippen molar-refractivity contribution in [2.45, 2.75) is 13.0 Å². The fourth-order valence-electron chi connectivity index (χ4n) is 1.54. The zero-order valence-electron chi connectivity index (χ0n) is 9.64. The maximum Gasteiger partial charge on any atom is 0.120 e. The molecule has 0 amide bonds. The minimum Gasteiger partial charge on any atom is -0.491 e. The monoisotopic (exact) mass is 216 g/mol. The van der Waals surface area contributed by atoms with Gasteiger partial charge in [0.25, 0.3) is 0 Å². The number of benzene rings is 2. The third-order valence-electron chi connectivity index (χ3n) is 2.61. The van der Waals surface area contributed by atoms with Gasteiger partial charge in [0.1, 0.15) is 12.4 Å². The van der Waals surface area contributed by atoms with Gasteiger partial charge in [-0.1, -0.05) is 30.3 Å². The molecule has 2 nitrogen and oxygen atoms in total. The average molecular weight is 216 g/mol.